The molecule has 3 heterocycles. The predicted octanol–water partition coefficient (Wildman–Crippen LogP) is 1.83. The van der Waals surface area contributed by atoms with Gasteiger partial charge in [0.1, 0.15) is 5.37 Å². The first-order chi connectivity index (χ1) is 8.84. The van der Waals surface area contributed by atoms with E-state index in [1.54, 1.807) is 24.2 Å². The third-order valence-electron chi connectivity index (χ3n) is 3.38. The number of amides is 1. The molecule has 0 unspecified atom stereocenters. The second kappa shape index (κ2) is 5.28. The van der Waals surface area contributed by atoms with Crippen molar-refractivity contribution in [3.05, 3.63) is 30.1 Å². The van der Waals surface area contributed by atoms with E-state index in [0.717, 1.165) is 31.6 Å². The van der Waals surface area contributed by atoms with Crippen LogP contribution in [0.3, 0.4) is 0 Å². The maximum absolute atomic E-state index is 12.0. The molecule has 5 heteroatoms. The van der Waals surface area contributed by atoms with Crippen LogP contribution in [0, 0.1) is 0 Å². The second-order valence-corrected chi connectivity index (χ2v) is 5.69. The van der Waals surface area contributed by atoms with Crippen LogP contribution in [0.15, 0.2) is 24.5 Å². The first-order valence-corrected chi connectivity index (χ1v) is 7.32. The highest BCUT2D eigenvalue weighted by molar-refractivity contribution is 8.00. The molecule has 2 aliphatic heterocycles. The van der Waals surface area contributed by atoms with Gasteiger partial charge >= 0.3 is 0 Å². The highest BCUT2D eigenvalue weighted by atomic mass is 32.2. The molecule has 3 rings (SSSR count). The van der Waals surface area contributed by atoms with E-state index in [9.17, 15) is 4.79 Å². The summed E-state index contributed by atoms with van der Waals surface area (Å²) in [5, 5.41) is 0.129. The van der Waals surface area contributed by atoms with Crippen LogP contribution >= 0.6 is 11.8 Å². The van der Waals surface area contributed by atoms with Crippen LogP contribution in [0.2, 0.25) is 0 Å². The van der Waals surface area contributed by atoms with E-state index in [0.29, 0.717) is 5.75 Å². The molecule has 2 fully saturated rings. The average molecular weight is 264 g/mol. The average Bonchev–Trinajstić information content (AvgIpc) is 3.03. The summed E-state index contributed by atoms with van der Waals surface area (Å²) in [7, 11) is 0. The quantitative estimate of drug-likeness (QED) is 0.835. The highest BCUT2D eigenvalue weighted by Crippen LogP contribution is 2.38. The van der Waals surface area contributed by atoms with Crippen molar-refractivity contribution in [1.82, 2.24) is 9.88 Å². The number of carbonyl (C=O) groups is 1. The summed E-state index contributed by atoms with van der Waals surface area (Å²) in [6.45, 7) is 1.55. The SMILES string of the molecule is O=C1CS[C@H](c2ccncc2)N1C[C@@H]1CCCO1. The van der Waals surface area contributed by atoms with E-state index in [-0.39, 0.29) is 17.4 Å². The van der Waals surface area contributed by atoms with E-state index < -0.39 is 0 Å². The van der Waals surface area contributed by atoms with Gasteiger partial charge in [-0.25, -0.2) is 0 Å². The maximum atomic E-state index is 12.0. The summed E-state index contributed by atoms with van der Waals surface area (Å²) < 4.78 is 5.63. The lowest BCUT2D eigenvalue weighted by Crippen LogP contribution is -2.35. The van der Waals surface area contributed by atoms with Gasteiger partial charge in [0, 0.05) is 25.5 Å². The fourth-order valence-corrected chi connectivity index (χ4v) is 3.66. The lowest BCUT2D eigenvalue weighted by Gasteiger charge is -2.26. The first kappa shape index (κ1) is 12.0. The van der Waals surface area contributed by atoms with Gasteiger partial charge in [0.15, 0.2) is 0 Å². The molecule has 0 aliphatic carbocycles. The van der Waals surface area contributed by atoms with Crippen molar-refractivity contribution in [2.45, 2.75) is 24.3 Å². The maximum Gasteiger partial charge on any atom is 0.233 e. The van der Waals surface area contributed by atoms with E-state index in [4.69, 9.17) is 4.74 Å². The molecule has 2 atom stereocenters. The Morgan fingerprint density at radius 2 is 2.28 bits per heavy atom. The number of nitrogens with zero attached hydrogens (tertiary/aromatic N) is 2. The number of aromatic nitrogens is 1. The van der Waals surface area contributed by atoms with E-state index in [1.165, 1.54) is 0 Å². The van der Waals surface area contributed by atoms with Crippen molar-refractivity contribution in [1.29, 1.82) is 0 Å². The number of hydrogen-bond donors (Lipinski definition) is 0. The van der Waals surface area contributed by atoms with Crippen LogP contribution in [-0.2, 0) is 9.53 Å². The normalized spacial score (nSPS) is 28.0. The Hall–Kier alpha value is -1.07. The number of thioether (sulfide) groups is 1. The molecule has 2 saturated heterocycles. The molecule has 0 spiro atoms. The summed E-state index contributed by atoms with van der Waals surface area (Å²) in [5.74, 6) is 0.789. The fraction of sp³-hybridized carbons (Fsp3) is 0.538. The molecule has 1 aromatic rings. The highest BCUT2D eigenvalue weighted by Gasteiger charge is 2.35. The van der Waals surface area contributed by atoms with Crippen LogP contribution in [0.5, 0.6) is 0 Å². The van der Waals surface area contributed by atoms with Crippen molar-refractivity contribution in [2.24, 2.45) is 0 Å². The Bertz CT molecular complexity index is 420. The Labute approximate surface area is 111 Å². The number of pyridine rings is 1. The monoisotopic (exact) mass is 264 g/mol. The lowest BCUT2D eigenvalue weighted by atomic mass is 10.2. The van der Waals surface area contributed by atoms with Gasteiger partial charge in [0.05, 0.1) is 11.9 Å². The van der Waals surface area contributed by atoms with Gasteiger partial charge in [0.25, 0.3) is 0 Å². The van der Waals surface area contributed by atoms with E-state index >= 15 is 0 Å². The third-order valence-corrected chi connectivity index (χ3v) is 4.64. The molecule has 1 amide bonds. The molecule has 4 nitrogen and oxygen atoms in total. The number of rotatable bonds is 3. The molecule has 1 aromatic heterocycles. The second-order valence-electron chi connectivity index (χ2n) is 4.63. The van der Waals surface area contributed by atoms with Gasteiger partial charge in [-0.3, -0.25) is 9.78 Å². The molecular weight excluding hydrogens is 248 g/mol. The summed E-state index contributed by atoms with van der Waals surface area (Å²) >= 11 is 1.69. The van der Waals surface area contributed by atoms with Crippen molar-refractivity contribution >= 4 is 17.7 Å². The smallest absolute Gasteiger partial charge is 0.233 e. The Morgan fingerprint density at radius 3 is 3.00 bits per heavy atom. The fourth-order valence-electron chi connectivity index (χ4n) is 2.46. The molecule has 0 bridgehead atoms. The minimum Gasteiger partial charge on any atom is -0.376 e. The molecule has 0 radical (unpaired) electrons. The lowest BCUT2D eigenvalue weighted by molar-refractivity contribution is -0.129. The van der Waals surface area contributed by atoms with Crippen molar-refractivity contribution in [3.8, 4) is 0 Å². The summed E-state index contributed by atoms with van der Waals surface area (Å²) in [6.07, 6.45) is 5.96. The molecular formula is C13H16N2O2S. The van der Waals surface area contributed by atoms with Crippen LogP contribution in [0.1, 0.15) is 23.8 Å². The zero-order valence-corrected chi connectivity index (χ0v) is 10.9. The van der Waals surface area contributed by atoms with Crippen molar-refractivity contribution in [2.75, 3.05) is 18.9 Å². The largest absolute Gasteiger partial charge is 0.376 e. The first-order valence-electron chi connectivity index (χ1n) is 6.27. The Balaban J connectivity index is 1.74. The van der Waals surface area contributed by atoms with Gasteiger partial charge in [-0.1, -0.05) is 0 Å². The van der Waals surface area contributed by atoms with E-state index in [1.807, 2.05) is 17.0 Å². The Morgan fingerprint density at radius 1 is 1.44 bits per heavy atom. The summed E-state index contributed by atoms with van der Waals surface area (Å²) in [4.78, 5) is 18.0. The van der Waals surface area contributed by atoms with Gasteiger partial charge in [0.2, 0.25) is 5.91 Å². The van der Waals surface area contributed by atoms with Gasteiger partial charge in [-0.2, -0.15) is 0 Å². The predicted molar refractivity (Wildman–Crippen MR) is 70.1 cm³/mol. The molecule has 0 aromatic carbocycles. The van der Waals surface area contributed by atoms with Crippen LogP contribution in [-0.4, -0.2) is 40.8 Å². The number of ether oxygens (including phenoxy) is 1. The van der Waals surface area contributed by atoms with Crippen LogP contribution in [0.25, 0.3) is 0 Å². The summed E-state index contributed by atoms with van der Waals surface area (Å²) in [6, 6.07) is 3.97. The molecule has 18 heavy (non-hydrogen) atoms. The minimum absolute atomic E-state index is 0.129. The van der Waals surface area contributed by atoms with Gasteiger partial charge in [-0.15, -0.1) is 11.8 Å². The summed E-state index contributed by atoms with van der Waals surface area (Å²) in [5.41, 5.74) is 1.15. The third kappa shape index (κ3) is 2.37. The van der Waals surface area contributed by atoms with Gasteiger partial charge < -0.3 is 9.64 Å². The van der Waals surface area contributed by atoms with E-state index in [2.05, 4.69) is 4.98 Å². The molecule has 2 aliphatic rings. The standard InChI is InChI=1S/C13H16N2O2S/c16-12-9-18-13(10-3-5-14-6-4-10)15(12)8-11-2-1-7-17-11/h3-6,11,13H,1-2,7-9H2/t11-,13+/m0/s1. The zero-order valence-electron chi connectivity index (χ0n) is 10.1. The van der Waals surface area contributed by atoms with Crippen molar-refractivity contribution < 1.29 is 9.53 Å². The Kier molecular flexibility index (Phi) is 3.52. The minimum atomic E-state index is 0.129. The molecule has 0 N–H and O–H groups in total. The topological polar surface area (TPSA) is 42.4 Å². The van der Waals surface area contributed by atoms with Gasteiger partial charge in [-0.05, 0) is 30.5 Å². The molecule has 0 saturated carbocycles. The van der Waals surface area contributed by atoms with Crippen LogP contribution < -0.4 is 0 Å². The number of carbonyl (C=O) groups excluding carboxylic acids is 1. The molecule has 96 valence electrons. The zero-order chi connectivity index (χ0) is 12.4. The number of hydrogen-bond acceptors (Lipinski definition) is 4. The van der Waals surface area contributed by atoms with Crippen molar-refractivity contribution in [3.63, 3.8) is 0 Å². The van der Waals surface area contributed by atoms with Crippen LogP contribution in [0.4, 0.5) is 0 Å².